The number of nitrogens with zero attached hydrogens (tertiary/aromatic N) is 1. The number of urea groups is 1. The number of amides is 4. The Morgan fingerprint density at radius 3 is 2.37 bits per heavy atom. The number of ether oxygens (including phenoxy) is 2. The summed E-state index contributed by atoms with van der Waals surface area (Å²) in [6, 6.07) is 15.4. The molecule has 0 aliphatic carbocycles. The molecule has 0 atom stereocenters. The smallest absolute Gasteiger partial charge is 0.335 e. The predicted octanol–water partition coefficient (Wildman–Crippen LogP) is 5.40. The fraction of sp³-hybridized carbons (Fsp3) is 0.111. The molecule has 9 nitrogen and oxygen atoms in total. The van der Waals surface area contributed by atoms with E-state index >= 15 is 0 Å². The highest BCUT2D eigenvalue weighted by Gasteiger charge is 2.36. The average molecular weight is 691 g/mol. The maximum Gasteiger partial charge on any atom is 0.335 e. The highest BCUT2D eigenvalue weighted by atomic mass is 127. The maximum atomic E-state index is 13.2. The standard InChI is InChI=1S/C27H20BrIN2O7/c1-2-37-22-13-16(12-21(29)23(22)38-14-15-3-5-17(6-4-15)26(34)35)11-20-24(32)30-27(36)31(25(20)33)19-9-7-18(28)8-10-19/h3-13H,2,14H2,1H3,(H,34,35)(H,30,32,36)/b20-11+. The molecule has 1 saturated heterocycles. The van der Waals surface area contributed by atoms with E-state index < -0.39 is 23.8 Å². The number of halogens is 2. The molecule has 0 aromatic heterocycles. The second-order valence-corrected chi connectivity index (χ2v) is 10.1. The fourth-order valence-corrected chi connectivity index (χ4v) is 4.67. The first-order valence-electron chi connectivity index (χ1n) is 11.3. The SMILES string of the molecule is CCOc1cc(/C=C2\C(=O)NC(=O)N(c3ccc(Br)cc3)C2=O)cc(I)c1OCc1ccc(C(=O)O)cc1. The Morgan fingerprint density at radius 2 is 1.74 bits per heavy atom. The molecule has 3 aromatic carbocycles. The van der Waals surface area contributed by atoms with Crippen molar-refractivity contribution in [3.8, 4) is 11.5 Å². The zero-order valence-corrected chi connectivity index (χ0v) is 23.6. The summed E-state index contributed by atoms with van der Waals surface area (Å²) in [5, 5.41) is 11.3. The molecule has 0 spiro atoms. The van der Waals surface area contributed by atoms with Crippen LogP contribution in [0.5, 0.6) is 11.5 Å². The first-order chi connectivity index (χ1) is 18.2. The van der Waals surface area contributed by atoms with Crippen LogP contribution in [0, 0.1) is 3.57 Å². The van der Waals surface area contributed by atoms with Crippen LogP contribution < -0.4 is 19.7 Å². The van der Waals surface area contributed by atoms with Crippen molar-refractivity contribution in [1.29, 1.82) is 0 Å². The quantitative estimate of drug-likeness (QED) is 0.185. The number of anilines is 1. The van der Waals surface area contributed by atoms with Gasteiger partial charge in [-0.1, -0.05) is 28.1 Å². The molecule has 0 unspecified atom stereocenters. The van der Waals surface area contributed by atoms with E-state index in [2.05, 4.69) is 43.8 Å². The van der Waals surface area contributed by atoms with Gasteiger partial charge in [0.05, 0.1) is 21.4 Å². The van der Waals surface area contributed by atoms with Gasteiger partial charge in [0, 0.05) is 4.47 Å². The molecular weight excluding hydrogens is 671 g/mol. The first kappa shape index (κ1) is 27.3. The number of carboxylic acids is 1. The minimum absolute atomic E-state index is 0.168. The second-order valence-electron chi connectivity index (χ2n) is 7.99. The van der Waals surface area contributed by atoms with Gasteiger partial charge >= 0.3 is 12.0 Å². The molecule has 1 heterocycles. The lowest BCUT2D eigenvalue weighted by Gasteiger charge is -2.26. The normalized spacial score (nSPS) is 14.4. The minimum Gasteiger partial charge on any atom is -0.490 e. The predicted molar refractivity (Wildman–Crippen MR) is 151 cm³/mol. The molecule has 194 valence electrons. The molecule has 1 aliphatic rings. The monoisotopic (exact) mass is 690 g/mol. The Labute approximate surface area is 239 Å². The van der Waals surface area contributed by atoms with Crippen molar-refractivity contribution in [3.63, 3.8) is 0 Å². The van der Waals surface area contributed by atoms with Crippen molar-refractivity contribution < 1.29 is 33.8 Å². The van der Waals surface area contributed by atoms with E-state index in [1.54, 1.807) is 48.5 Å². The van der Waals surface area contributed by atoms with Crippen molar-refractivity contribution in [2.75, 3.05) is 11.5 Å². The molecule has 1 aliphatic heterocycles. The van der Waals surface area contributed by atoms with Crippen LogP contribution in [-0.2, 0) is 16.2 Å². The van der Waals surface area contributed by atoms with E-state index in [0.717, 1.165) is 14.9 Å². The Kier molecular flexibility index (Phi) is 8.47. The number of imide groups is 2. The van der Waals surface area contributed by atoms with E-state index in [-0.39, 0.29) is 17.7 Å². The zero-order chi connectivity index (χ0) is 27.4. The van der Waals surface area contributed by atoms with E-state index in [9.17, 15) is 19.2 Å². The molecule has 2 N–H and O–H groups in total. The molecule has 0 saturated carbocycles. The molecule has 0 radical (unpaired) electrons. The molecule has 4 amide bonds. The van der Waals surface area contributed by atoms with Gasteiger partial charge in [0.15, 0.2) is 11.5 Å². The third-order valence-electron chi connectivity index (χ3n) is 5.41. The number of carbonyl (C=O) groups is 4. The maximum absolute atomic E-state index is 13.2. The van der Waals surface area contributed by atoms with Gasteiger partial charge in [-0.25, -0.2) is 14.5 Å². The Morgan fingerprint density at radius 1 is 1.05 bits per heavy atom. The van der Waals surface area contributed by atoms with Crippen molar-refractivity contribution in [2.45, 2.75) is 13.5 Å². The number of barbiturate groups is 1. The number of benzene rings is 3. The van der Waals surface area contributed by atoms with Crippen molar-refractivity contribution in [3.05, 3.63) is 91.0 Å². The lowest BCUT2D eigenvalue weighted by atomic mass is 10.1. The molecule has 0 bridgehead atoms. The zero-order valence-electron chi connectivity index (χ0n) is 19.9. The Bertz CT molecular complexity index is 1450. The Hall–Kier alpha value is -3.71. The van der Waals surface area contributed by atoms with Gasteiger partial charge in [0.25, 0.3) is 11.8 Å². The van der Waals surface area contributed by atoms with Crippen LogP contribution in [0.4, 0.5) is 10.5 Å². The lowest BCUT2D eigenvalue weighted by Crippen LogP contribution is -2.54. The largest absolute Gasteiger partial charge is 0.490 e. The van der Waals surface area contributed by atoms with Crippen LogP contribution in [0.3, 0.4) is 0 Å². The summed E-state index contributed by atoms with van der Waals surface area (Å²) >= 11 is 5.38. The van der Waals surface area contributed by atoms with Gasteiger partial charge in [-0.3, -0.25) is 14.9 Å². The topological polar surface area (TPSA) is 122 Å². The number of hydrogen-bond acceptors (Lipinski definition) is 6. The summed E-state index contributed by atoms with van der Waals surface area (Å²) in [6.07, 6.45) is 1.40. The third kappa shape index (κ3) is 6.05. The van der Waals surface area contributed by atoms with E-state index in [1.807, 2.05) is 6.92 Å². The summed E-state index contributed by atoms with van der Waals surface area (Å²) in [5.74, 6) is -1.70. The van der Waals surface area contributed by atoms with Gasteiger partial charge in [0.2, 0.25) is 0 Å². The molecule has 4 rings (SSSR count). The average Bonchev–Trinajstić information content (AvgIpc) is 2.87. The summed E-state index contributed by atoms with van der Waals surface area (Å²) in [7, 11) is 0. The summed E-state index contributed by atoms with van der Waals surface area (Å²) < 4.78 is 13.2. The second kappa shape index (κ2) is 11.8. The number of rotatable bonds is 8. The van der Waals surface area contributed by atoms with Gasteiger partial charge in [-0.15, -0.1) is 0 Å². The molecular formula is C27H20BrIN2O7. The van der Waals surface area contributed by atoms with Crippen LogP contribution >= 0.6 is 38.5 Å². The van der Waals surface area contributed by atoms with E-state index in [0.29, 0.717) is 32.9 Å². The highest BCUT2D eigenvalue weighted by Crippen LogP contribution is 2.36. The summed E-state index contributed by atoms with van der Waals surface area (Å²) in [6.45, 7) is 2.32. The molecule has 3 aromatic rings. The van der Waals surface area contributed by atoms with Crippen LogP contribution in [0.25, 0.3) is 6.08 Å². The van der Waals surface area contributed by atoms with Crippen LogP contribution in [-0.4, -0.2) is 35.5 Å². The van der Waals surface area contributed by atoms with Gasteiger partial charge in [-0.2, -0.15) is 0 Å². The Balaban J connectivity index is 1.62. The van der Waals surface area contributed by atoms with Crippen molar-refractivity contribution in [1.82, 2.24) is 5.32 Å². The van der Waals surface area contributed by atoms with Crippen LogP contribution in [0.1, 0.15) is 28.4 Å². The van der Waals surface area contributed by atoms with Crippen LogP contribution in [0.15, 0.2) is 70.7 Å². The van der Waals surface area contributed by atoms with E-state index in [4.69, 9.17) is 14.6 Å². The van der Waals surface area contributed by atoms with Crippen LogP contribution in [0.2, 0.25) is 0 Å². The summed E-state index contributed by atoms with van der Waals surface area (Å²) in [4.78, 5) is 50.2. The molecule has 38 heavy (non-hydrogen) atoms. The molecule has 11 heteroatoms. The number of carbonyl (C=O) groups excluding carboxylic acids is 3. The highest BCUT2D eigenvalue weighted by molar-refractivity contribution is 14.1. The number of aromatic carboxylic acids is 1. The van der Waals surface area contributed by atoms with Gasteiger partial charge in [-0.05, 0) is 95.2 Å². The lowest BCUT2D eigenvalue weighted by molar-refractivity contribution is -0.122. The number of carboxylic acid groups (broad SMARTS) is 1. The van der Waals surface area contributed by atoms with Crippen molar-refractivity contribution in [2.24, 2.45) is 0 Å². The van der Waals surface area contributed by atoms with Crippen molar-refractivity contribution >= 4 is 74.1 Å². The summed E-state index contributed by atoms with van der Waals surface area (Å²) in [5.41, 5.74) is 1.55. The fourth-order valence-electron chi connectivity index (χ4n) is 3.62. The van der Waals surface area contributed by atoms with E-state index in [1.165, 1.54) is 18.2 Å². The van der Waals surface area contributed by atoms with Gasteiger partial charge < -0.3 is 14.6 Å². The van der Waals surface area contributed by atoms with Gasteiger partial charge in [0.1, 0.15) is 12.2 Å². The third-order valence-corrected chi connectivity index (χ3v) is 6.74. The number of nitrogens with one attached hydrogen (secondary N) is 1. The first-order valence-corrected chi connectivity index (χ1v) is 13.1. The number of hydrogen-bond donors (Lipinski definition) is 2. The minimum atomic E-state index is -1.01. The molecule has 1 fully saturated rings.